The van der Waals surface area contributed by atoms with Gasteiger partial charge < -0.3 is 14.9 Å². The van der Waals surface area contributed by atoms with Gasteiger partial charge in [-0.1, -0.05) is 12.1 Å². The molecule has 0 amide bonds. The second-order valence-corrected chi connectivity index (χ2v) is 2.93. The fourth-order valence-corrected chi connectivity index (χ4v) is 1.39. The summed E-state index contributed by atoms with van der Waals surface area (Å²) in [5.41, 5.74) is 0.869. The first-order valence-electron chi connectivity index (χ1n) is 3.89. The molecule has 2 rings (SSSR count). The Morgan fingerprint density at radius 1 is 1.42 bits per heavy atom. The van der Waals surface area contributed by atoms with Crippen LogP contribution in [-0.2, 0) is 6.42 Å². The Labute approximate surface area is 70.2 Å². The van der Waals surface area contributed by atoms with Gasteiger partial charge >= 0.3 is 0 Å². The Morgan fingerprint density at radius 3 is 3.08 bits per heavy atom. The molecular formula is C9H10O3. The van der Waals surface area contributed by atoms with Crippen molar-refractivity contribution in [1.29, 1.82) is 0 Å². The highest BCUT2D eigenvalue weighted by atomic mass is 16.5. The molecule has 1 heterocycles. The molecule has 0 spiro atoms. The van der Waals surface area contributed by atoms with Gasteiger partial charge in [-0.2, -0.15) is 0 Å². The van der Waals surface area contributed by atoms with Crippen molar-refractivity contribution >= 4 is 0 Å². The minimum Gasteiger partial charge on any atom is -0.504 e. The lowest BCUT2D eigenvalue weighted by Crippen LogP contribution is -2.25. The summed E-state index contributed by atoms with van der Waals surface area (Å²) in [6.45, 7) is 0.268. The Bertz CT molecular complexity index is 296. The van der Waals surface area contributed by atoms with E-state index in [0.29, 0.717) is 12.2 Å². The minimum atomic E-state index is -0.445. The van der Waals surface area contributed by atoms with E-state index in [9.17, 15) is 10.2 Å². The van der Waals surface area contributed by atoms with Gasteiger partial charge in [-0.25, -0.2) is 0 Å². The third-order valence-corrected chi connectivity index (χ3v) is 1.95. The number of para-hydroxylation sites is 1. The number of aliphatic hydroxyl groups excluding tert-OH is 1. The van der Waals surface area contributed by atoms with Crippen LogP contribution in [0.25, 0.3) is 0 Å². The standard InChI is InChI=1S/C9H10O3/c10-7-4-6-2-1-3-8(11)9(6)12-5-7/h1-3,7,10-11H,4-5H2/t7-/m1/s1. The molecule has 64 valence electrons. The molecule has 1 aromatic carbocycles. The molecule has 0 aliphatic carbocycles. The summed E-state index contributed by atoms with van der Waals surface area (Å²) in [5, 5.41) is 18.6. The number of benzene rings is 1. The van der Waals surface area contributed by atoms with Crippen LogP contribution in [0.2, 0.25) is 0 Å². The molecule has 3 nitrogen and oxygen atoms in total. The van der Waals surface area contributed by atoms with E-state index in [0.717, 1.165) is 5.56 Å². The van der Waals surface area contributed by atoms with E-state index in [4.69, 9.17) is 4.74 Å². The topological polar surface area (TPSA) is 49.7 Å². The van der Waals surface area contributed by atoms with E-state index in [1.807, 2.05) is 6.07 Å². The average Bonchev–Trinajstić information content (AvgIpc) is 2.04. The van der Waals surface area contributed by atoms with Gasteiger partial charge in [-0.3, -0.25) is 0 Å². The van der Waals surface area contributed by atoms with Crippen molar-refractivity contribution in [2.24, 2.45) is 0 Å². The van der Waals surface area contributed by atoms with Gasteiger partial charge in [-0.05, 0) is 6.07 Å². The molecule has 0 radical (unpaired) electrons. The molecule has 0 saturated heterocycles. The van der Waals surface area contributed by atoms with Crippen LogP contribution in [0.5, 0.6) is 11.5 Å². The van der Waals surface area contributed by atoms with Crippen molar-refractivity contribution in [1.82, 2.24) is 0 Å². The molecule has 1 aliphatic rings. The van der Waals surface area contributed by atoms with Gasteiger partial charge in [0.05, 0.1) is 6.10 Å². The van der Waals surface area contributed by atoms with E-state index in [2.05, 4.69) is 0 Å². The van der Waals surface area contributed by atoms with Gasteiger partial charge in [0, 0.05) is 12.0 Å². The molecule has 0 saturated carbocycles. The lowest BCUT2D eigenvalue weighted by molar-refractivity contribution is 0.0900. The third kappa shape index (κ3) is 1.12. The first kappa shape index (κ1) is 7.43. The Kier molecular flexibility index (Phi) is 1.66. The number of hydrogen-bond acceptors (Lipinski definition) is 3. The first-order chi connectivity index (χ1) is 5.77. The number of aromatic hydroxyl groups is 1. The molecule has 0 unspecified atom stereocenters. The Morgan fingerprint density at radius 2 is 2.25 bits per heavy atom. The smallest absolute Gasteiger partial charge is 0.164 e. The zero-order valence-corrected chi connectivity index (χ0v) is 6.53. The fourth-order valence-electron chi connectivity index (χ4n) is 1.39. The van der Waals surface area contributed by atoms with Crippen molar-refractivity contribution in [2.45, 2.75) is 12.5 Å². The molecule has 0 bridgehead atoms. The Hall–Kier alpha value is -1.22. The zero-order chi connectivity index (χ0) is 8.55. The molecule has 1 atom stereocenters. The van der Waals surface area contributed by atoms with Crippen molar-refractivity contribution in [3.05, 3.63) is 23.8 Å². The number of phenols is 1. The summed E-state index contributed by atoms with van der Waals surface area (Å²) in [6, 6.07) is 5.17. The predicted molar refractivity (Wildman–Crippen MR) is 43.3 cm³/mol. The molecule has 0 aromatic heterocycles. The highest BCUT2D eigenvalue weighted by Gasteiger charge is 2.19. The van der Waals surface area contributed by atoms with E-state index in [1.54, 1.807) is 12.1 Å². The number of phenolic OH excluding ortho intramolecular Hbond substituents is 1. The SMILES string of the molecule is Oc1cccc2c1OC[C@H](O)C2. The van der Waals surface area contributed by atoms with Gasteiger partial charge in [0.1, 0.15) is 6.61 Å². The van der Waals surface area contributed by atoms with Crippen LogP contribution < -0.4 is 4.74 Å². The van der Waals surface area contributed by atoms with Crippen molar-refractivity contribution in [2.75, 3.05) is 6.61 Å². The minimum absolute atomic E-state index is 0.152. The summed E-state index contributed by atoms with van der Waals surface area (Å²) >= 11 is 0. The number of ether oxygens (including phenoxy) is 1. The maximum Gasteiger partial charge on any atom is 0.164 e. The van der Waals surface area contributed by atoms with Crippen LogP contribution in [-0.4, -0.2) is 22.9 Å². The van der Waals surface area contributed by atoms with Gasteiger partial charge in [0.2, 0.25) is 0 Å². The third-order valence-electron chi connectivity index (χ3n) is 1.95. The van der Waals surface area contributed by atoms with Crippen LogP contribution in [0.4, 0.5) is 0 Å². The van der Waals surface area contributed by atoms with Gasteiger partial charge in [0.15, 0.2) is 11.5 Å². The molecule has 12 heavy (non-hydrogen) atoms. The fraction of sp³-hybridized carbons (Fsp3) is 0.333. The van der Waals surface area contributed by atoms with Crippen LogP contribution in [0.1, 0.15) is 5.56 Å². The summed E-state index contributed by atoms with van der Waals surface area (Å²) in [6.07, 6.45) is 0.114. The maximum atomic E-state index is 9.34. The normalized spacial score (nSPS) is 21.2. The zero-order valence-electron chi connectivity index (χ0n) is 6.53. The van der Waals surface area contributed by atoms with Crippen LogP contribution >= 0.6 is 0 Å². The lowest BCUT2D eigenvalue weighted by Gasteiger charge is -2.21. The van der Waals surface area contributed by atoms with E-state index in [-0.39, 0.29) is 12.4 Å². The highest BCUT2D eigenvalue weighted by molar-refractivity contribution is 5.46. The summed E-state index contributed by atoms with van der Waals surface area (Å²) < 4.78 is 5.17. The predicted octanol–water partition coefficient (Wildman–Crippen LogP) is 0.688. The Balaban J connectivity index is 2.42. The number of hydrogen-bond donors (Lipinski definition) is 2. The number of aliphatic hydroxyl groups is 1. The monoisotopic (exact) mass is 166 g/mol. The van der Waals surface area contributed by atoms with Crippen LogP contribution in [0.15, 0.2) is 18.2 Å². The second kappa shape index (κ2) is 2.68. The van der Waals surface area contributed by atoms with Crippen LogP contribution in [0, 0.1) is 0 Å². The number of fused-ring (bicyclic) bond motifs is 1. The quantitative estimate of drug-likeness (QED) is 0.596. The van der Waals surface area contributed by atoms with Crippen molar-refractivity contribution < 1.29 is 14.9 Å². The lowest BCUT2D eigenvalue weighted by atomic mass is 10.0. The van der Waals surface area contributed by atoms with E-state index < -0.39 is 6.10 Å². The molecule has 2 N–H and O–H groups in total. The van der Waals surface area contributed by atoms with Crippen molar-refractivity contribution in [3.63, 3.8) is 0 Å². The number of rotatable bonds is 0. The second-order valence-electron chi connectivity index (χ2n) is 2.93. The van der Waals surface area contributed by atoms with Gasteiger partial charge in [-0.15, -0.1) is 0 Å². The average molecular weight is 166 g/mol. The highest BCUT2D eigenvalue weighted by Crippen LogP contribution is 2.33. The van der Waals surface area contributed by atoms with E-state index >= 15 is 0 Å². The van der Waals surface area contributed by atoms with E-state index in [1.165, 1.54) is 0 Å². The molecule has 1 aliphatic heterocycles. The molecular weight excluding hydrogens is 156 g/mol. The molecule has 3 heteroatoms. The molecule has 0 fully saturated rings. The summed E-state index contributed by atoms with van der Waals surface area (Å²) in [5.74, 6) is 0.669. The summed E-state index contributed by atoms with van der Waals surface area (Å²) in [4.78, 5) is 0. The summed E-state index contributed by atoms with van der Waals surface area (Å²) in [7, 11) is 0. The maximum absolute atomic E-state index is 9.34. The van der Waals surface area contributed by atoms with Gasteiger partial charge in [0.25, 0.3) is 0 Å². The molecule has 1 aromatic rings. The first-order valence-corrected chi connectivity index (χ1v) is 3.89. The van der Waals surface area contributed by atoms with Crippen molar-refractivity contribution in [3.8, 4) is 11.5 Å². The largest absolute Gasteiger partial charge is 0.504 e. The van der Waals surface area contributed by atoms with Crippen LogP contribution in [0.3, 0.4) is 0 Å².